The molecule has 0 bridgehead atoms. The maximum Gasteiger partial charge on any atom is 0.547 e. The van der Waals surface area contributed by atoms with E-state index in [2.05, 4.69) is 43.5 Å². The second-order valence-electron chi connectivity index (χ2n) is 6.12. The molecule has 0 saturated carbocycles. The van der Waals surface area contributed by atoms with Crippen molar-refractivity contribution in [2.45, 2.75) is 34.6 Å². The van der Waals surface area contributed by atoms with Crippen LogP contribution in [0, 0.1) is 0 Å². The molecule has 1 aliphatic heterocycles. The van der Waals surface area contributed by atoms with Gasteiger partial charge in [0.25, 0.3) is 0 Å². The molecule has 2 aromatic rings. The van der Waals surface area contributed by atoms with Crippen molar-refractivity contribution in [1.82, 2.24) is 0 Å². The molecule has 1 aliphatic rings. The zero-order valence-electron chi connectivity index (χ0n) is 16.5. The average Bonchev–Trinajstić information content (AvgIpc) is 3.38. The Hall–Kier alpha value is -0.806. The molecule has 0 spiro atoms. The summed E-state index contributed by atoms with van der Waals surface area (Å²) in [6.45, 7) is 12.3. The van der Waals surface area contributed by atoms with Gasteiger partial charge in [0, 0.05) is 29.6 Å². The van der Waals surface area contributed by atoms with Gasteiger partial charge in [0.05, 0.1) is 4.50 Å². The van der Waals surface area contributed by atoms with Gasteiger partial charge >= 0.3 is 8.80 Å². The second kappa shape index (κ2) is 9.13. The van der Waals surface area contributed by atoms with E-state index in [-0.39, 0.29) is 0 Å². The van der Waals surface area contributed by atoms with Crippen LogP contribution in [0.25, 0.3) is 10.4 Å². The van der Waals surface area contributed by atoms with E-state index in [1.165, 1.54) is 31.3 Å². The van der Waals surface area contributed by atoms with Crippen molar-refractivity contribution in [2.24, 2.45) is 0 Å². The lowest BCUT2D eigenvalue weighted by atomic mass is 10.1. The normalized spacial score (nSPS) is 15.3. The molecule has 3 heterocycles. The van der Waals surface area contributed by atoms with E-state index >= 15 is 0 Å². The minimum atomic E-state index is -2.82. The number of allylic oxidation sites excluding steroid dienone is 2. The van der Waals surface area contributed by atoms with E-state index in [9.17, 15) is 0 Å². The Balaban J connectivity index is 1.91. The molecular weight excluding hydrogens is 409 g/mol. The summed E-state index contributed by atoms with van der Waals surface area (Å²) in [5, 5.41) is 5.08. The highest BCUT2D eigenvalue weighted by Gasteiger charge is 2.45. The Morgan fingerprint density at radius 3 is 1.96 bits per heavy atom. The van der Waals surface area contributed by atoms with Gasteiger partial charge in [-0.05, 0) is 79.7 Å². The summed E-state index contributed by atoms with van der Waals surface area (Å²) in [6.07, 6.45) is 0. The van der Waals surface area contributed by atoms with Crippen LogP contribution in [0.1, 0.15) is 44.4 Å². The van der Waals surface area contributed by atoms with Gasteiger partial charge in [0.2, 0.25) is 0 Å². The Bertz CT molecular complexity index is 820. The molecule has 0 fully saturated rings. The smallest absolute Gasteiger partial charge is 0.370 e. The molecule has 0 aromatic carbocycles. The average molecular weight is 435 g/mol. The SMILES string of the molecule is CCO[Si](OCC)(OCC)c1ccc(C2=C(C)C(C)=C(c3cccs3)[Si]2)s1. The summed E-state index contributed by atoms with van der Waals surface area (Å²) in [5.41, 5.74) is 2.82. The summed E-state index contributed by atoms with van der Waals surface area (Å²) < 4.78 is 19.4. The molecule has 144 valence electrons. The van der Waals surface area contributed by atoms with Gasteiger partial charge in [-0.2, -0.15) is 0 Å². The van der Waals surface area contributed by atoms with Gasteiger partial charge in [0.1, 0.15) is 9.52 Å². The fraction of sp³-hybridized carbons (Fsp3) is 0.400. The minimum Gasteiger partial charge on any atom is -0.370 e. The van der Waals surface area contributed by atoms with E-state index in [1.54, 1.807) is 11.3 Å². The van der Waals surface area contributed by atoms with Gasteiger partial charge in [-0.3, -0.25) is 0 Å². The summed E-state index contributed by atoms with van der Waals surface area (Å²) >= 11 is 3.60. The quantitative estimate of drug-likeness (QED) is 0.523. The van der Waals surface area contributed by atoms with Crippen LogP contribution in [0.3, 0.4) is 0 Å². The minimum absolute atomic E-state index is 0.589. The fourth-order valence-corrected chi connectivity index (χ4v) is 10.2. The monoisotopic (exact) mass is 434 g/mol. The van der Waals surface area contributed by atoms with Crippen LogP contribution >= 0.6 is 22.7 Å². The molecule has 0 unspecified atom stereocenters. The van der Waals surface area contributed by atoms with E-state index in [4.69, 9.17) is 13.3 Å². The lowest BCUT2D eigenvalue weighted by molar-refractivity contribution is 0.0866. The molecule has 2 aromatic heterocycles. The third-order valence-electron chi connectivity index (χ3n) is 4.49. The highest BCUT2D eigenvalue weighted by molar-refractivity contribution is 7.26. The van der Waals surface area contributed by atoms with Crippen molar-refractivity contribution >= 4 is 55.9 Å². The Labute approximate surface area is 173 Å². The zero-order chi connectivity index (χ0) is 19.4. The number of thiophene rings is 2. The standard InChI is InChI=1S/C20H26O3S2Si2/c1-6-21-27(22-7-2,23-8-3)18-12-11-17(25-18)20-15(5)14(4)19(26-20)16-10-9-13-24-16/h9-13H,6-8H2,1-5H3. The van der Waals surface area contributed by atoms with Crippen molar-refractivity contribution in [3.05, 3.63) is 50.5 Å². The molecular formula is C20H26O3S2Si2. The van der Waals surface area contributed by atoms with Crippen LogP contribution in [0.4, 0.5) is 0 Å². The molecule has 0 aliphatic carbocycles. The summed E-state index contributed by atoms with van der Waals surface area (Å²) in [5.74, 6) is 0. The Morgan fingerprint density at radius 1 is 0.852 bits per heavy atom. The van der Waals surface area contributed by atoms with Gasteiger partial charge < -0.3 is 13.3 Å². The van der Waals surface area contributed by atoms with Crippen molar-refractivity contribution in [1.29, 1.82) is 0 Å². The van der Waals surface area contributed by atoms with E-state index in [0.717, 1.165) is 4.50 Å². The molecule has 0 N–H and O–H groups in total. The maximum atomic E-state index is 6.08. The predicted octanol–water partition coefficient (Wildman–Crippen LogP) is 4.95. The van der Waals surface area contributed by atoms with Gasteiger partial charge in [0.15, 0.2) is 0 Å². The van der Waals surface area contributed by atoms with Gasteiger partial charge in [-0.1, -0.05) is 6.07 Å². The third kappa shape index (κ3) is 4.14. The first-order chi connectivity index (χ1) is 13.1. The molecule has 0 amide bonds. The van der Waals surface area contributed by atoms with Crippen LogP contribution in [0.2, 0.25) is 0 Å². The van der Waals surface area contributed by atoms with Crippen LogP contribution in [-0.4, -0.2) is 38.1 Å². The second-order valence-corrected chi connectivity index (χ2v) is 12.3. The molecule has 3 nitrogen and oxygen atoms in total. The lowest BCUT2D eigenvalue weighted by Gasteiger charge is -2.27. The molecule has 2 radical (unpaired) electrons. The highest BCUT2D eigenvalue weighted by atomic mass is 32.1. The van der Waals surface area contributed by atoms with Crippen molar-refractivity contribution in [3.8, 4) is 0 Å². The van der Waals surface area contributed by atoms with Crippen LogP contribution in [-0.2, 0) is 13.3 Å². The van der Waals surface area contributed by atoms with Crippen LogP contribution < -0.4 is 4.50 Å². The van der Waals surface area contributed by atoms with Crippen molar-refractivity contribution in [3.63, 3.8) is 0 Å². The lowest BCUT2D eigenvalue weighted by Crippen LogP contribution is -2.55. The van der Waals surface area contributed by atoms with Gasteiger partial charge in [-0.25, -0.2) is 0 Å². The molecule has 3 rings (SSSR count). The summed E-state index contributed by atoms with van der Waals surface area (Å²) in [4.78, 5) is 2.70. The first kappa shape index (κ1) is 20.9. The summed E-state index contributed by atoms with van der Waals surface area (Å²) in [7, 11) is -2.13. The van der Waals surface area contributed by atoms with Crippen molar-refractivity contribution < 1.29 is 13.3 Å². The largest absolute Gasteiger partial charge is 0.547 e. The summed E-state index contributed by atoms with van der Waals surface area (Å²) in [6, 6.07) is 8.73. The zero-order valence-corrected chi connectivity index (χ0v) is 20.2. The number of hydrogen-bond donors (Lipinski definition) is 0. The van der Waals surface area contributed by atoms with Gasteiger partial charge in [-0.15, -0.1) is 22.7 Å². The molecule has 0 atom stereocenters. The van der Waals surface area contributed by atoms with Crippen LogP contribution in [0.15, 0.2) is 40.8 Å². The highest BCUT2D eigenvalue weighted by Crippen LogP contribution is 2.39. The fourth-order valence-electron chi connectivity index (χ4n) is 3.15. The van der Waals surface area contributed by atoms with Crippen molar-refractivity contribution in [2.75, 3.05) is 19.8 Å². The van der Waals surface area contributed by atoms with E-state index in [1.807, 2.05) is 32.1 Å². The number of rotatable bonds is 9. The Kier molecular flexibility index (Phi) is 7.07. The number of hydrogen-bond acceptors (Lipinski definition) is 5. The molecule has 27 heavy (non-hydrogen) atoms. The molecule has 7 heteroatoms. The van der Waals surface area contributed by atoms with E-state index < -0.39 is 8.80 Å². The topological polar surface area (TPSA) is 27.7 Å². The first-order valence-electron chi connectivity index (χ1n) is 9.31. The molecule has 0 saturated heterocycles. The Morgan fingerprint density at radius 2 is 1.44 bits per heavy atom. The van der Waals surface area contributed by atoms with E-state index in [0.29, 0.717) is 29.3 Å². The first-order valence-corrected chi connectivity index (χ1v) is 13.7. The van der Waals surface area contributed by atoms with Crippen LogP contribution in [0.5, 0.6) is 0 Å². The third-order valence-corrected chi connectivity index (χ3v) is 12.3. The predicted molar refractivity (Wildman–Crippen MR) is 120 cm³/mol. The maximum absolute atomic E-state index is 6.08.